The van der Waals surface area contributed by atoms with Gasteiger partial charge in [-0.05, 0) is 65.4 Å². The number of nitrogens with zero attached hydrogens (tertiary/aromatic N) is 1. The van der Waals surface area contributed by atoms with E-state index in [1.54, 1.807) is 17.6 Å². The molecule has 0 bridgehead atoms. The Labute approximate surface area is 295 Å². The standard InChI is InChI=1S/C25H18NO2S.C15H28O2.Ir/c1-25(2,3)17-13-16(12-15-8-11-29-24(15)17)22-20-19(6-9-26-22)28-18-5-4-14-7-10-27-23(14)21(18)20;1-7-14(5,8-2)12(16)11-13(17)15(6,9-3)10-4;/h4-11,13H,1-3H3;11,16H,7-10H2,1-6H3;/q-1;;/b;12-11-;. The second kappa shape index (κ2) is 14.1. The second-order valence-corrected chi connectivity index (χ2v) is 14.8. The van der Waals surface area contributed by atoms with Crippen molar-refractivity contribution >= 4 is 60.1 Å². The molecule has 0 amide bonds. The van der Waals surface area contributed by atoms with Gasteiger partial charge in [-0.1, -0.05) is 73.4 Å². The fourth-order valence-corrected chi connectivity index (χ4v) is 6.88. The Hall–Kier alpha value is -3.25. The molecule has 1 radical (unpaired) electrons. The van der Waals surface area contributed by atoms with E-state index in [0.717, 1.165) is 75.2 Å². The van der Waals surface area contributed by atoms with Crippen molar-refractivity contribution in [2.24, 2.45) is 10.8 Å². The van der Waals surface area contributed by atoms with Gasteiger partial charge in [-0.15, -0.1) is 23.6 Å². The van der Waals surface area contributed by atoms with E-state index in [0.29, 0.717) is 0 Å². The molecule has 0 spiro atoms. The molecule has 4 aromatic heterocycles. The van der Waals surface area contributed by atoms with E-state index in [1.165, 1.54) is 16.3 Å². The second-order valence-electron chi connectivity index (χ2n) is 13.9. The maximum Gasteiger partial charge on any atom is 0.164 e. The molecule has 0 saturated heterocycles. The number of rotatable bonds is 8. The van der Waals surface area contributed by atoms with E-state index in [9.17, 15) is 9.90 Å². The topological polar surface area (TPSA) is 76.5 Å². The summed E-state index contributed by atoms with van der Waals surface area (Å²) in [5.74, 6) is 0.286. The van der Waals surface area contributed by atoms with Crippen LogP contribution >= 0.6 is 11.3 Å². The first-order chi connectivity index (χ1) is 21.8. The summed E-state index contributed by atoms with van der Waals surface area (Å²) in [6, 6.07) is 15.9. The Morgan fingerprint density at radius 1 is 0.915 bits per heavy atom. The number of hydrogen-bond donors (Lipinski definition) is 1. The number of allylic oxidation sites excluding steroid dienone is 2. The van der Waals surface area contributed by atoms with Crippen LogP contribution in [0.4, 0.5) is 0 Å². The van der Waals surface area contributed by atoms with Crippen molar-refractivity contribution in [1.82, 2.24) is 4.98 Å². The Bertz CT molecular complexity index is 2050. The molecule has 47 heavy (non-hydrogen) atoms. The Balaban J connectivity index is 0.000000242. The quantitative estimate of drug-likeness (QED) is 0.0939. The molecule has 1 N–H and O–H groups in total. The largest absolute Gasteiger partial charge is 0.512 e. The summed E-state index contributed by atoms with van der Waals surface area (Å²) in [6.07, 6.45) is 8.28. The molecule has 4 heterocycles. The van der Waals surface area contributed by atoms with Crippen LogP contribution in [-0.2, 0) is 30.3 Å². The normalized spacial score (nSPS) is 12.8. The summed E-state index contributed by atoms with van der Waals surface area (Å²) < 4.78 is 13.3. The molecular weight excluding hydrogens is 783 g/mol. The number of aromatic nitrogens is 1. The third kappa shape index (κ3) is 6.86. The number of carbonyl (C=O) groups is 1. The molecule has 7 heteroatoms. The average molecular weight is 829 g/mol. The third-order valence-corrected chi connectivity index (χ3v) is 11.0. The molecule has 0 saturated carbocycles. The van der Waals surface area contributed by atoms with Gasteiger partial charge in [0.1, 0.15) is 22.5 Å². The molecule has 5 nitrogen and oxygen atoms in total. The predicted molar refractivity (Wildman–Crippen MR) is 193 cm³/mol. The van der Waals surface area contributed by atoms with Crippen LogP contribution in [0.25, 0.3) is 54.3 Å². The number of thiophene rings is 1. The monoisotopic (exact) mass is 829 g/mol. The summed E-state index contributed by atoms with van der Waals surface area (Å²) in [7, 11) is 0. The predicted octanol–water partition coefficient (Wildman–Crippen LogP) is 12.4. The first-order valence-electron chi connectivity index (χ1n) is 16.4. The third-order valence-electron chi connectivity index (χ3n) is 10.1. The van der Waals surface area contributed by atoms with E-state index in [4.69, 9.17) is 13.8 Å². The van der Waals surface area contributed by atoms with Crippen LogP contribution in [0.5, 0.6) is 0 Å². The van der Waals surface area contributed by atoms with Crippen molar-refractivity contribution in [3.05, 3.63) is 77.7 Å². The van der Waals surface area contributed by atoms with Crippen LogP contribution in [0.15, 0.2) is 74.9 Å². The van der Waals surface area contributed by atoms with Gasteiger partial charge in [0.2, 0.25) is 0 Å². The van der Waals surface area contributed by atoms with E-state index in [2.05, 4.69) is 44.4 Å². The zero-order valence-electron chi connectivity index (χ0n) is 29.0. The number of benzene rings is 2. The molecule has 0 aliphatic heterocycles. The maximum absolute atomic E-state index is 12.2. The first-order valence-corrected chi connectivity index (χ1v) is 17.3. The summed E-state index contributed by atoms with van der Waals surface area (Å²) in [5, 5.41) is 16.4. The van der Waals surface area contributed by atoms with Crippen LogP contribution in [-0.4, -0.2) is 15.9 Å². The molecule has 0 atom stereocenters. The summed E-state index contributed by atoms with van der Waals surface area (Å²) >= 11 is 1.77. The van der Waals surface area contributed by atoms with Crippen molar-refractivity contribution in [3.8, 4) is 11.3 Å². The maximum atomic E-state index is 12.2. The van der Waals surface area contributed by atoms with Crippen LogP contribution in [0, 0.1) is 16.9 Å². The minimum Gasteiger partial charge on any atom is -0.512 e. The van der Waals surface area contributed by atoms with Gasteiger partial charge in [0.25, 0.3) is 0 Å². The fraction of sp³-hybridized carbons (Fsp3) is 0.400. The Morgan fingerprint density at radius 3 is 2.21 bits per heavy atom. The average Bonchev–Trinajstić information content (AvgIpc) is 3.80. The van der Waals surface area contributed by atoms with Crippen LogP contribution in [0.2, 0.25) is 0 Å². The number of aliphatic hydroxyl groups excluding tert-OH is 1. The molecule has 0 unspecified atom stereocenters. The van der Waals surface area contributed by atoms with Crippen molar-refractivity contribution in [2.45, 2.75) is 93.4 Å². The number of ketones is 1. The van der Waals surface area contributed by atoms with Crippen molar-refractivity contribution in [1.29, 1.82) is 0 Å². The summed E-state index contributed by atoms with van der Waals surface area (Å²) in [5.41, 5.74) is 5.05. The zero-order valence-corrected chi connectivity index (χ0v) is 32.2. The molecule has 6 rings (SSSR count). The van der Waals surface area contributed by atoms with Gasteiger partial charge in [-0.3, -0.25) is 9.78 Å². The molecule has 6 aromatic rings. The number of fused-ring (bicyclic) bond motifs is 6. The van der Waals surface area contributed by atoms with Crippen LogP contribution in [0.3, 0.4) is 0 Å². The minimum atomic E-state index is -0.337. The SMILES string of the molecule is CC(C)(C)c1cc(-c2nccc3oc4ccc5ccoc5c4c23)[c-]c2ccsc12.CCC(C)(CC)C(=O)/C=C(\O)C(C)(CC)CC.[Ir]. The van der Waals surface area contributed by atoms with E-state index >= 15 is 0 Å². The van der Waals surface area contributed by atoms with Crippen LogP contribution < -0.4 is 0 Å². The molecule has 0 aliphatic carbocycles. The molecule has 0 aliphatic rings. The van der Waals surface area contributed by atoms with Crippen LogP contribution in [0.1, 0.15) is 93.6 Å². The number of carbonyl (C=O) groups excluding carboxylic acids is 1. The minimum absolute atomic E-state index is 0. The number of pyridine rings is 1. The van der Waals surface area contributed by atoms with E-state index in [1.807, 2.05) is 72.0 Å². The summed E-state index contributed by atoms with van der Waals surface area (Å²) in [6.45, 7) is 18.8. The van der Waals surface area contributed by atoms with Gasteiger partial charge >= 0.3 is 0 Å². The smallest absolute Gasteiger partial charge is 0.164 e. The van der Waals surface area contributed by atoms with Crippen molar-refractivity contribution < 1.29 is 38.8 Å². The number of hydrogen-bond acceptors (Lipinski definition) is 6. The Kier molecular flexibility index (Phi) is 11.0. The first kappa shape index (κ1) is 36.6. The summed E-state index contributed by atoms with van der Waals surface area (Å²) in [4.78, 5) is 17.0. The molecule has 2 aromatic carbocycles. The van der Waals surface area contributed by atoms with Gasteiger partial charge in [-0.2, -0.15) is 11.3 Å². The van der Waals surface area contributed by atoms with Gasteiger partial charge < -0.3 is 13.9 Å². The van der Waals surface area contributed by atoms with Crippen molar-refractivity contribution in [3.63, 3.8) is 0 Å². The number of furan rings is 2. The van der Waals surface area contributed by atoms with E-state index < -0.39 is 0 Å². The fourth-order valence-electron chi connectivity index (χ4n) is 5.80. The zero-order chi connectivity index (χ0) is 33.4. The van der Waals surface area contributed by atoms with E-state index in [-0.39, 0.29) is 47.9 Å². The Morgan fingerprint density at radius 2 is 1.57 bits per heavy atom. The number of aliphatic hydroxyl groups is 1. The molecule has 251 valence electrons. The van der Waals surface area contributed by atoms with Gasteiger partial charge in [0.15, 0.2) is 5.78 Å². The van der Waals surface area contributed by atoms with Gasteiger partial charge in [0.05, 0.1) is 11.6 Å². The van der Waals surface area contributed by atoms with Gasteiger partial charge in [0, 0.05) is 59.7 Å². The molecule has 0 fully saturated rings. The van der Waals surface area contributed by atoms with Gasteiger partial charge in [-0.25, -0.2) is 0 Å². The van der Waals surface area contributed by atoms with Crippen molar-refractivity contribution in [2.75, 3.05) is 0 Å². The molecular formula is C40H46IrNO4S-.